The summed E-state index contributed by atoms with van der Waals surface area (Å²) in [5, 5.41) is 5.71. The van der Waals surface area contributed by atoms with E-state index >= 15 is 0 Å². The van der Waals surface area contributed by atoms with Gasteiger partial charge in [0.2, 0.25) is 5.91 Å². The minimum atomic E-state index is -1.30. The Hall–Kier alpha value is -3.55. The van der Waals surface area contributed by atoms with Gasteiger partial charge in [-0.25, -0.2) is 4.79 Å². The Bertz CT molecular complexity index is 1040. The van der Waals surface area contributed by atoms with Crippen molar-refractivity contribution in [3.63, 3.8) is 0 Å². The smallest absolute Gasteiger partial charge is 0.325 e. The number of fused-ring (bicyclic) bond motifs is 1. The van der Waals surface area contributed by atoms with Crippen molar-refractivity contribution < 1.29 is 23.9 Å². The second kappa shape index (κ2) is 9.52. The van der Waals surface area contributed by atoms with Crippen LogP contribution in [0.25, 0.3) is 0 Å². The Morgan fingerprint density at radius 2 is 1.85 bits per heavy atom. The molecule has 1 fully saturated rings. The van der Waals surface area contributed by atoms with Crippen LogP contribution in [0.5, 0.6) is 11.5 Å². The van der Waals surface area contributed by atoms with E-state index in [1.807, 2.05) is 37.3 Å². The van der Waals surface area contributed by atoms with Crippen LogP contribution in [-0.2, 0) is 15.1 Å². The molecule has 33 heavy (non-hydrogen) atoms. The van der Waals surface area contributed by atoms with Gasteiger partial charge in [-0.2, -0.15) is 0 Å². The highest BCUT2D eigenvalue weighted by Crippen LogP contribution is 2.36. The number of nitrogens with zero attached hydrogens (tertiary/aromatic N) is 1. The molecule has 2 unspecified atom stereocenters. The number of carbonyl (C=O) groups is 3. The number of ether oxygens (including phenoxy) is 2. The van der Waals surface area contributed by atoms with Crippen molar-refractivity contribution >= 4 is 17.8 Å². The Morgan fingerprint density at radius 1 is 1.12 bits per heavy atom. The van der Waals surface area contributed by atoms with Crippen LogP contribution in [0.4, 0.5) is 4.79 Å². The molecular formula is C25H29N3O5. The number of urea groups is 1. The molecule has 2 aliphatic rings. The Balaban J connectivity index is 1.49. The van der Waals surface area contributed by atoms with Gasteiger partial charge in [0.25, 0.3) is 5.91 Å². The van der Waals surface area contributed by atoms with Crippen LogP contribution in [0.1, 0.15) is 50.3 Å². The number of benzene rings is 2. The molecule has 4 amide bonds. The van der Waals surface area contributed by atoms with E-state index in [9.17, 15) is 14.4 Å². The van der Waals surface area contributed by atoms with E-state index in [-0.39, 0.29) is 18.5 Å². The quantitative estimate of drug-likeness (QED) is 0.630. The topological polar surface area (TPSA) is 97.0 Å². The third-order valence-corrected chi connectivity index (χ3v) is 6.02. The zero-order valence-corrected chi connectivity index (χ0v) is 18.9. The van der Waals surface area contributed by atoms with Gasteiger partial charge in [-0.3, -0.25) is 14.5 Å². The van der Waals surface area contributed by atoms with Crippen molar-refractivity contribution in [3.05, 3.63) is 59.7 Å². The molecule has 174 valence electrons. The number of carbonyl (C=O) groups excluding carboxylic acids is 3. The summed E-state index contributed by atoms with van der Waals surface area (Å²) >= 11 is 0. The lowest BCUT2D eigenvalue weighted by Gasteiger charge is -2.24. The van der Waals surface area contributed by atoms with Crippen LogP contribution in [0.2, 0.25) is 0 Å². The predicted octanol–water partition coefficient (Wildman–Crippen LogP) is 3.27. The molecular weight excluding hydrogens is 422 g/mol. The first-order chi connectivity index (χ1) is 15.9. The number of nitrogens with one attached hydrogen (secondary N) is 2. The molecule has 1 saturated heterocycles. The zero-order valence-electron chi connectivity index (χ0n) is 18.9. The summed E-state index contributed by atoms with van der Waals surface area (Å²) < 4.78 is 11.4. The van der Waals surface area contributed by atoms with E-state index < -0.39 is 17.5 Å². The fourth-order valence-corrected chi connectivity index (χ4v) is 4.19. The normalized spacial score (nSPS) is 20.7. The molecule has 0 spiro atoms. The van der Waals surface area contributed by atoms with Gasteiger partial charge in [0, 0.05) is 6.42 Å². The van der Waals surface area contributed by atoms with Gasteiger partial charge in [-0.05, 0) is 36.6 Å². The van der Waals surface area contributed by atoms with Crippen LogP contribution in [0.15, 0.2) is 48.5 Å². The van der Waals surface area contributed by atoms with E-state index in [2.05, 4.69) is 10.6 Å². The number of rotatable bonds is 7. The minimum Gasteiger partial charge on any atom is -0.490 e. The fraction of sp³-hybridized carbons (Fsp3) is 0.400. The Kier molecular flexibility index (Phi) is 6.53. The van der Waals surface area contributed by atoms with Crippen LogP contribution >= 0.6 is 0 Å². The SMILES string of the molecule is CCCC(NC(=O)CN1C(=O)NC(C)(c2ccc3c(c2)OCCCO3)C1=O)c1ccccc1. The van der Waals surface area contributed by atoms with Crippen molar-refractivity contribution in [2.45, 2.75) is 44.7 Å². The molecule has 0 aliphatic carbocycles. The summed E-state index contributed by atoms with van der Waals surface area (Å²) in [4.78, 5) is 39.7. The lowest BCUT2D eigenvalue weighted by Crippen LogP contribution is -2.43. The highest BCUT2D eigenvalue weighted by molar-refractivity contribution is 6.09. The highest BCUT2D eigenvalue weighted by atomic mass is 16.5. The summed E-state index contributed by atoms with van der Waals surface area (Å²) in [6.07, 6.45) is 2.40. The molecule has 8 nitrogen and oxygen atoms in total. The van der Waals surface area contributed by atoms with Crippen LogP contribution in [0.3, 0.4) is 0 Å². The predicted molar refractivity (Wildman–Crippen MR) is 122 cm³/mol. The standard InChI is InChI=1S/C25H29N3O5/c1-3-8-19(17-9-5-4-6-10-17)26-22(29)16-28-23(30)25(2,27-24(28)31)18-11-12-20-21(15-18)33-14-7-13-32-20/h4-6,9-12,15,19H,3,7-8,13-14,16H2,1-2H3,(H,26,29)(H,27,31). The Morgan fingerprint density at radius 3 is 2.58 bits per heavy atom. The van der Waals surface area contributed by atoms with Crippen molar-refractivity contribution in [2.24, 2.45) is 0 Å². The average Bonchev–Trinajstić information content (AvgIpc) is 2.97. The van der Waals surface area contributed by atoms with Gasteiger partial charge in [0.05, 0.1) is 19.3 Å². The summed E-state index contributed by atoms with van der Waals surface area (Å²) in [6.45, 7) is 4.40. The van der Waals surface area contributed by atoms with Gasteiger partial charge < -0.3 is 20.1 Å². The Labute approximate surface area is 193 Å². The van der Waals surface area contributed by atoms with E-state index in [0.29, 0.717) is 30.3 Å². The van der Waals surface area contributed by atoms with E-state index in [1.165, 1.54) is 0 Å². The maximum absolute atomic E-state index is 13.3. The summed E-state index contributed by atoms with van der Waals surface area (Å²) in [5.74, 6) is 0.276. The van der Waals surface area contributed by atoms with Gasteiger partial charge in [-0.1, -0.05) is 49.7 Å². The molecule has 2 aromatic rings. The van der Waals surface area contributed by atoms with Gasteiger partial charge in [-0.15, -0.1) is 0 Å². The van der Waals surface area contributed by atoms with Crippen molar-refractivity contribution in [1.82, 2.24) is 15.5 Å². The summed E-state index contributed by atoms with van der Waals surface area (Å²) in [7, 11) is 0. The molecule has 2 heterocycles. The number of hydrogen-bond donors (Lipinski definition) is 2. The molecule has 0 saturated carbocycles. The molecule has 0 aromatic heterocycles. The maximum Gasteiger partial charge on any atom is 0.325 e. The second-order valence-electron chi connectivity index (χ2n) is 8.48. The molecule has 0 radical (unpaired) electrons. The van der Waals surface area contributed by atoms with E-state index in [0.717, 1.165) is 29.7 Å². The van der Waals surface area contributed by atoms with Gasteiger partial charge >= 0.3 is 6.03 Å². The zero-order chi connectivity index (χ0) is 23.4. The van der Waals surface area contributed by atoms with Gasteiger partial charge in [0.1, 0.15) is 12.1 Å². The molecule has 8 heteroatoms. The summed E-state index contributed by atoms with van der Waals surface area (Å²) in [5.41, 5.74) is 0.257. The largest absolute Gasteiger partial charge is 0.490 e. The van der Waals surface area contributed by atoms with Crippen LogP contribution in [-0.4, -0.2) is 42.5 Å². The average molecular weight is 452 g/mol. The monoisotopic (exact) mass is 451 g/mol. The third kappa shape index (κ3) is 4.65. The molecule has 0 bridgehead atoms. The molecule has 2 atom stereocenters. The van der Waals surface area contributed by atoms with E-state index in [4.69, 9.17) is 9.47 Å². The van der Waals surface area contributed by atoms with Crippen LogP contribution in [0, 0.1) is 0 Å². The minimum absolute atomic E-state index is 0.183. The first kappa shape index (κ1) is 22.6. The van der Waals surface area contributed by atoms with Crippen molar-refractivity contribution in [1.29, 1.82) is 0 Å². The van der Waals surface area contributed by atoms with Crippen LogP contribution < -0.4 is 20.1 Å². The number of amides is 4. The first-order valence-corrected chi connectivity index (χ1v) is 11.3. The molecule has 2 aliphatic heterocycles. The molecule has 2 N–H and O–H groups in total. The maximum atomic E-state index is 13.3. The van der Waals surface area contributed by atoms with Crippen molar-refractivity contribution in [3.8, 4) is 11.5 Å². The number of imide groups is 1. The molecule has 2 aromatic carbocycles. The second-order valence-corrected chi connectivity index (χ2v) is 8.48. The lowest BCUT2D eigenvalue weighted by molar-refractivity contribution is -0.135. The fourth-order valence-electron chi connectivity index (χ4n) is 4.19. The first-order valence-electron chi connectivity index (χ1n) is 11.3. The van der Waals surface area contributed by atoms with Crippen molar-refractivity contribution in [2.75, 3.05) is 19.8 Å². The lowest BCUT2D eigenvalue weighted by atomic mass is 9.91. The summed E-state index contributed by atoms with van der Waals surface area (Å²) in [6, 6.07) is 14.1. The highest BCUT2D eigenvalue weighted by Gasteiger charge is 2.49. The third-order valence-electron chi connectivity index (χ3n) is 6.02. The van der Waals surface area contributed by atoms with E-state index in [1.54, 1.807) is 25.1 Å². The molecule has 4 rings (SSSR count). The van der Waals surface area contributed by atoms with Gasteiger partial charge in [0.15, 0.2) is 11.5 Å². The number of hydrogen-bond acceptors (Lipinski definition) is 5.